The first-order valence-electron chi connectivity index (χ1n) is 5.55. The number of nitrogens with zero attached hydrogens (tertiary/aromatic N) is 3. The number of aromatic nitrogens is 2. The van der Waals surface area contributed by atoms with E-state index in [9.17, 15) is 0 Å². The Kier molecular flexibility index (Phi) is 4.80. The lowest BCUT2D eigenvalue weighted by Crippen LogP contribution is -2.27. The molecule has 1 aromatic heterocycles. The Balaban J connectivity index is 2.90. The molecule has 0 aliphatic rings. The minimum absolute atomic E-state index is 0.353. The lowest BCUT2D eigenvalue weighted by molar-refractivity contribution is 0.741. The first kappa shape index (κ1) is 13.0. The fraction of sp³-hybridized carbons (Fsp3) is 0.636. The maximum absolute atomic E-state index is 6.07. The van der Waals surface area contributed by atoms with Crippen molar-refractivity contribution in [3.05, 3.63) is 11.2 Å². The second-order valence-corrected chi connectivity index (χ2v) is 4.40. The number of nitrogens with one attached hydrogen (secondary N) is 1. The molecule has 0 saturated heterocycles. The minimum Gasteiger partial charge on any atom is -0.356 e. The molecule has 90 valence electrons. The molecule has 1 aromatic rings. The first-order chi connectivity index (χ1) is 7.56. The van der Waals surface area contributed by atoms with Gasteiger partial charge in [0.25, 0.3) is 0 Å². The highest BCUT2D eigenvalue weighted by Crippen LogP contribution is 2.23. The molecule has 0 amide bonds. The summed E-state index contributed by atoms with van der Waals surface area (Å²) in [7, 11) is 1.97. The number of anilines is 2. The van der Waals surface area contributed by atoms with E-state index in [-0.39, 0.29) is 0 Å². The van der Waals surface area contributed by atoms with Crippen LogP contribution in [-0.2, 0) is 0 Å². The molecule has 0 aliphatic heterocycles. The molecule has 0 fully saturated rings. The summed E-state index contributed by atoms with van der Waals surface area (Å²) in [5.74, 6) is 1.40. The summed E-state index contributed by atoms with van der Waals surface area (Å²) in [6.07, 6.45) is 2.68. The van der Waals surface area contributed by atoms with Crippen LogP contribution in [-0.4, -0.2) is 29.6 Å². The molecule has 1 N–H and O–H groups in total. The van der Waals surface area contributed by atoms with Gasteiger partial charge in [-0.15, -0.1) is 0 Å². The molecule has 0 radical (unpaired) electrons. The average molecular weight is 243 g/mol. The van der Waals surface area contributed by atoms with Crippen LogP contribution in [0, 0.1) is 0 Å². The van der Waals surface area contributed by atoms with Gasteiger partial charge in [-0.1, -0.05) is 18.5 Å². The van der Waals surface area contributed by atoms with Crippen molar-refractivity contribution < 1.29 is 0 Å². The largest absolute Gasteiger partial charge is 0.356 e. The maximum Gasteiger partial charge on any atom is 0.224 e. The lowest BCUT2D eigenvalue weighted by atomic mass is 10.3. The Bertz CT molecular complexity index is 341. The molecule has 0 unspecified atom stereocenters. The van der Waals surface area contributed by atoms with Crippen molar-refractivity contribution in [2.24, 2.45) is 0 Å². The number of halogens is 1. The summed E-state index contributed by atoms with van der Waals surface area (Å²) < 4.78 is 0. The van der Waals surface area contributed by atoms with Crippen LogP contribution in [0.4, 0.5) is 11.8 Å². The van der Waals surface area contributed by atoms with E-state index in [1.807, 2.05) is 11.9 Å². The Morgan fingerprint density at radius 2 is 2.19 bits per heavy atom. The lowest BCUT2D eigenvalue weighted by Gasteiger charge is -2.23. The predicted molar refractivity (Wildman–Crippen MR) is 69.4 cm³/mol. The van der Waals surface area contributed by atoms with E-state index >= 15 is 0 Å². The van der Waals surface area contributed by atoms with Crippen molar-refractivity contribution in [1.82, 2.24) is 9.97 Å². The number of hydrogen-bond acceptors (Lipinski definition) is 4. The van der Waals surface area contributed by atoms with E-state index in [4.69, 9.17) is 11.6 Å². The molecule has 0 aromatic carbocycles. The SMILES string of the molecule is CCCNc1ncc(Cl)c(N(C)C(C)C)n1. The topological polar surface area (TPSA) is 41.1 Å². The van der Waals surface area contributed by atoms with Gasteiger partial charge in [-0.05, 0) is 20.3 Å². The second kappa shape index (κ2) is 5.89. The smallest absolute Gasteiger partial charge is 0.224 e. The summed E-state index contributed by atoms with van der Waals surface area (Å²) in [4.78, 5) is 10.6. The van der Waals surface area contributed by atoms with Crippen molar-refractivity contribution in [2.45, 2.75) is 33.2 Å². The molecular formula is C11H19ClN4. The van der Waals surface area contributed by atoms with E-state index in [1.54, 1.807) is 6.20 Å². The normalized spacial score (nSPS) is 10.6. The number of hydrogen-bond donors (Lipinski definition) is 1. The van der Waals surface area contributed by atoms with E-state index in [0.29, 0.717) is 17.0 Å². The van der Waals surface area contributed by atoms with E-state index in [1.165, 1.54) is 0 Å². The summed E-state index contributed by atoms with van der Waals surface area (Å²) in [6, 6.07) is 0.353. The molecular weight excluding hydrogens is 224 g/mol. The van der Waals surface area contributed by atoms with Gasteiger partial charge in [0, 0.05) is 19.6 Å². The van der Waals surface area contributed by atoms with E-state index in [0.717, 1.165) is 18.8 Å². The van der Waals surface area contributed by atoms with E-state index in [2.05, 4.69) is 36.1 Å². The zero-order chi connectivity index (χ0) is 12.1. The van der Waals surface area contributed by atoms with Crippen LogP contribution in [0.1, 0.15) is 27.2 Å². The summed E-state index contributed by atoms with van der Waals surface area (Å²) in [6.45, 7) is 7.16. The highest BCUT2D eigenvalue weighted by Gasteiger charge is 2.12. The van der Waals surface area contributed by atoms with Gasteiger partial charge < -0.3 is 10.2 Å². The van der Waals surface area contributed by atoms with Crippen molar-refractivity contribution in [2.75, 3.05) is 23.8 Å². The molecule has 5 heteroatoms. The Morgan fingerprint density at radius 1 is 1.50 bits per heavy atom. The van der Waals surface area contributed by atoms with Gasteiger partial charge in [0.05, 0.1) is 6.20 Å². The van der Waals surface area contributed by atoms with Gasteiger partial charge in [-0.3, -0.25) is 0 Å². The maximum atomic E-state index is 6.07. The van der Waals surface area contributed by atoms with Crippen LogP contribution in [0.15, 0.2) is 6.20 Å². The molecule has 16 heavy (non-hydrogen) atoms. The molecule has 0 saturated carbocycles. The molecule has 0 atom stereocenters. The van der Waals surface area contributed by atoms with Crippen molar-refractivity contribution >= 4 is 23.4 Å². The Labute approximate surface area is 102 Å². The predicted octanol–water partition coefficient (Wildman–Crippen LogP) is 2.80. The first-order valence-corrected chi connectivity index (χ1v) is 5.93. The van der Waals surface area contributed by atoms with Gasteiger partial charge in [0.1, 0.15) is 5.02 Å². The van der Waals surface area contributed by atoms with Crippen molar-refractivity contribution in [3.8, 4) is 0 Å². The molecule has 4 nitrogen and oxygen atoms in total. The second-order valence-electron chi connectivity index (χ2n) is 4.00. The monoisotopic (exact) mass is 242 g/mol. The minimum atomic E-state index is 0.353. The zero-order valence-corrected chi connectivity index (χ0v) is 11.0. The standard InChI is InChI=1S/C11H19ClN4/c1-5-6-13-11-14-7-9(12)10(15-11)16(4)8(2)3/h7-8H,5-6H2,1-4H3,(H,13,14,15). The van der Waals surface area contributed by atoms with Gasteiger partial charge >= 0.3 is 0 Å². The Hall–Kier alpha value is -1.03. The van der Waals surface area contributed by atoms with Crippen LogP contribution in [0.25, 0.3) is 0 Å². The quantitative estimate of drug-likeness (QED) is 0.862. The van der Waals surface area contributed by atoms with Crippen LogP contribution in [0.2, 0.25) is 5.02 Å². The van der Waals surface area contributed by atoms with Crippen LogP contribution in [0.5, 0.6) is 0 Å². The van der Waals surface area contributed by atoms with Crippen LogP contribution in [0.3, 0.4) is 0 Å². The van der Waals surface area contributed by atoms with Crippen molar-refractivity contribution in [3.63, 3.8) is 0 Å². The highest BCUT2D eigenvalue weighted by atomic mass is 35.5. The third-order valence-electron chi connectivity index (χ3n) is 2.37. The summed E-state index contributed by atoms with van der Waals surface area (Å²) in [5, 5.41) is 3.73. The highest BCUT2D eigenvalue weighted by molar-refractivity contribution is 6.32. The fourth-order valence-corrected chi connectivity index (χ4v) is 1.40. The third-order valence-corrected chi connectivity index (χ3v) is 2.63. The summed E-state index contributed by atoms with van der Waals surface area (Å²) >= 11 is 6.07. The van der Waals surface area contributed by atoms with Gasteiger partial charge in [-0.2, -0.15) is 4.98 Å². The Morgan fingerprint density at radius 3 is 2.75 bits per heavy atom. The summed E-state index contributed by atoms with van der Waals surface area (Å²) in [5.41, 5.74) is 0. The molecule has 1 heterocycles. The average Bonchev–Trinajstić information content (AvgIpc) is 2.27. The molecule has 0 aliphatic carbocycles. The van der Waals surface area contributed by atoms with Crippen molar-refractivity contribution in [1.29, 1.82) is 0 Å². The third kappa shape index (κ3) is 3.23. The van der Waals surface area contributed by atoms with E-state index < -0.39 is 0 Å². The van der Waals surface area contributed by atoms with Crippen LogP contribution < -0.4 is 10.2 Å². The van der Waals surface area contributed by atoms with Gasteiger partial charge in [0.2, 0.25) is 5.95 Å². The fourth-order valence-electron chi connectivity index (χ4n) is 1.17. The zero-order valence-electron chi connectivity index (χ0n) is 10.3. The number of rotatable bonds is 5. The molecule has 1 rings (SSSR count). The molecule has 0 bridgehead atoms. The van der Waals surface area contributed by atoms with Gasteiger partial charge in [-0.25, -0.2) is 4.98 Å². The van der Waals surface area contributed by atoms with Crippen LogP contribution >= 0.6 is 11.6 Å². The van der Waals surface area contributed by atoms with Gasteiger partial charge in [0.15, 0.2) is 5.82 Å². The molecule has 0 spiro atoms.